The highest BCUT2D eigenvalue weighted by Crippen LogP contribution is 2.26. The number of amides is 1. The number of anilines is 1. The van der Waals surface area contributed by atoms with E-state index < -0.39 is 30.1 Å². The smallest absolute Gasteiger partial charge is 0.280 e. The van der Waals surface area contributed by atoms with Gasteiger partial charge in [0.25, 0.3) is 18.8 Å². The van der Waals surface area contributed by atoms with E-state index in [1.165, 1.54) is 0 Å². The highest BCUT2D eigenvalue weighted by Gasteiger charge is 2.22. The number of nitrogens with zero attached hydrogens (tertiary/aromatic N) is 3. The quantitative estimate of drug-likeness (QED) is 0.693. The minimum atomic E-state index is -3.05. The second-order valence-corrected chi connectivity index (χ2v) is 5.73. The molecule has 3 aromatic rings. The van der Waals surface area contributed by atoms with Gasteiger partial charge in [-0.05, 0) is 31.0 Å². The minimum Gasteiger partial charge on any atom is -0.320 e. The molecular formula is C17H14F4N4O. The Hall–Kier alpha value is -2.97. The van der Waals surface area contributed by atoms with Gasteiger partial charge in [0, 0.05) is 11.8 Å². The zero-order valence-corrected chi connectivity index (χ0v) is 13.8. The van der Waals surface area contributed by atoms with E-state index in [-0.39, 0.29) is 11.3 Å². The Morgan fingerprint density at radius 1 is 1.08 bits per heavy atom. The monoisotopic (exact) mass is 366 g/mol. The molecule has 0 saturated heterocycles. The summed E-state index contributed by atoms with van der Waals surface area (Å²) < 4.78 is 52.8. The van der Waals surface area contributed by atoms with Gasteiger partial charge >= 0.3 is 0 Å². The van der Waals surface area contributed by atoms with Crippen LogP contribution in [0.4, 0.5) is 23.2 Å². The fourth-order valence-electron chi connectivity index (χ4n) is 2.59. The van der Waals surface area contributed by atoms with Gasteiger partial charge in [-0.3, -0.25) is 4.79 Å². The van der Waals surface area contributed by atoms with Crippen LogP contribution in [-0.2, 0) is 0 Å². The molecule has 0 radical (unpaired) electrons. The van der Waals surface area contributed by atoms with Gasteiger partial charge in [0.15, 0.2) is 11.3 Å². The standard InChI is InChI=1S/C17H14F4N4O/c1-8-4-3-5-9(2)14(8)23-17(26)11-7-13-22-10(15(18)19)6-12(16(20)21)25(13)24-11/h3-7,15-16H,1-2H3,(H,23,26). The molecule has 1 amide bonds. The van der Waals surface area contributed by atoms with Crippen molar-refractivity contribution in [2.45, 2.75) is 26.7 Å². The summed E-state index contributed by atoms with van der Waals surface area (Å²) in [5.74, 6) is -0.647. The Balaban J connectivity index is 2.03. The Labute approximate surface area is 145 Å². The van der Waals surface area contributed by atoms with Gasteiger partial charge < -0.3 is 5.32 Å². The molecule has 136 valence electrons. The van der Waals surface area contributed by atoms with Crippen LogP contribution in [0, 0.1) is 13.8 Å². The number of para-hydroxylation sites is 1. The molecule has 5 nitrogen and oxygen atoms in total. The third-order valence-electron chi connectivity index (χ3n) is 3.87. The average molecular weight is 366 g/mol. The molecule has 2 aromatic heterocycles. The number of nitrogens with one attached hydrogen (secondary N) is 1. The maximum absolute atomic E-state index is 13.2. The molecule has 3 rings (SSSR count). The van der Waals surface area contributed by atoms with Crippen LogP contribution in [0.25, 0.3) is 5.65 Å². The molecule has 26 heavy (non-hydrogen) atoms. The van der Waals surface area contributed by atoms with Gasteiger partial charge in [0.05, 0.1) is 0 Å². The number of halogens is 4. The van der Waals surface area contributed by atoms with Crippen molar-refractivity contribution in [3.8, 4) is 0 Å². The summed E-state index contributed by atoms with van der Waals surface area (Å²) in [5, 5.41) is 6.47. The second kappa shape index (κ2) is 6.74. The molecule has 0 unspecified atom stereocenters. The molecule has 0 spiro atoms. The second-order valence-electron chi connectivity index (χ2n) is 5.73. The van der Waals surface area contributed by atoms with Crippen LogP contribution in [0.3, 0.4) is 0 Å². The summed E-state index contributed by atoms with van der Waals surface area (Å²) in [6, 6.07) is 7.12. The Morgan fingerprint density at radius 2 is 1.73 bits per heavy atom. The van der Waals surface area contributed by atoms with E-state index in [1.54, 1.807) is 26.0 Å². The molecule has 1 aromatic carbocycles. The van der Waals surface area contributed by atoms with Gasteiger partial charge in [0.2, 0.25) is 0 Å². The topological polar surface area (TPSA) is 59.3 Å². The first kappa shape index (κ1) is 17.8. The lowest BCUT2D eigenvalue weighted by Crippen LogP contribution is -2.14. The molecule has 2 heterocycles. The van der Waals surface area contributed by atoms with Crippen molar-refractivity contribution in [2.75, 3.05) is 5.32 Å². The Bertz CT molecular complexity index is 964. The maximum Gasteiger partial charge on any atom is 0.280 e. The zero-order chi connectivity index (χ0) is 19.0. The molecule has 0 bridgehead atoms. The summed E-state index contributed by atoms with van der Waals surface area (Å²) >= 11 is 0. The van der Waals surface area contributed by atoms with Crippen molar-refractivity contribution in [3.63, 3.8) is 0 Å². The van der Waals surface area contributed by atoms with Crippen molar-refractivity contribution in [1.29, 1.82) is 0 Å². The summed E-state index contributed by atoms with van der Waals surface area (Å²) in [7, 11) is 0. The van der Waals surface area contributed by atoms with E-state index in [0.29, 0.717) is 16.3 Å². The van der Waals surface area contributed by atoms with E-state index in [9.17, 15) is 22.4 Å². The Kier molecular flexibility index (Phi) is 4.62. The molecule has 0 atom stereocenters. The molecule has 0 aliphatic heterocycles. The van der Waals surface area contributed by atoms with Gasteiger partial charge in [-0.15, -0.1) is 0 Å². The maximum atomic E-state index is 13.2. The van der Waals surface area contributed by atoms with Crippen LogP contribution in [0.2, 0.25) is 0 Å². The predicted molar refractivity (Wildman–Crippen MR) is 86.8 cm³/mol. The fraction of sp³-hybridized carbons (Fsp3) is 0.235. The van der Waals surface area contributed by atoms with E-state index in [2.05, 4.69) is 15.4 Å². The molecule has 1 N–H and O–H groups in total. The normalized spacial score (nSPS) is 11.5. The van der Waals surface area contributed by atoms with Crippen molar-refractivity contribution < 1.29 is 22.4 Å². The summed E-state index contributed by atoms with van der Waals surface area (Å²) in [6.07, 6.45) is -6.06. The van der Waals surface area contributed by atoms with Crippen molar-refractivity contribution in [1.82, 2.24) is 14.6 Å². The number of aryl methyl sites for hydroxylation is 2. The lowest BCUT2D eigenvalue weighted by Gasteiger charge is -2.10. The van der Waals surface area contributed by atoms with Crippen LogP contribution in [-0.4, -0.2) is 20.5 Å². The van der Waals surface area contributed by atoms with Crippen molar-refractivity contribution in [2.24, 2.45) is 0 Å². The van der Waals surface area contributed by atoms with Crippen LogP contribution >= 0.6 is 0 Å². The summed E-state index contributed by atoms with van der Waals surface area (Å²) in [6.45, 7) is 3.61. The number of hydrogen-bond acceptors (Lipinski definition) is 3. The fourth-order valence-corrected chi connectivity index (χ4v) is 2.59. The van der Waals surface area contributed by atoms with Crippen LogP contribution in [0.1, 0.15) is 45.9 Å². The third-order valence-corrected chi connectivity index (χ3v) is 3.87. The number of rotatable bonds is 4. The zero-order valence-electron chi connectivity index (χ0n) is 13.8. The van der Waals surface area contributed by atoms with Crippen LogP contribution in [0.5, 0.6) is 0 Å². The lowest BCUT2D eigenvalue weighted by atomic mass is 10.1. The van der Waals surface area contributed by atoms with E-state index in [4.69, 9.17) is 0 Å². The first-order valence-corrected chi connectivity index (χ1v) is 7.62. The number of fused-ring (bicyclic) bond motifs is 1. The first-order chi connectivity index (χ1) is 12.3. The number of carbonyl (C=O) groups is 1. The number of carbonyl (C=O) groups excluding carboxylic acids is 1. The van der Waals surface area contributed by atoms with Crippen LogP contribution < -0.4 is 5.32 Å². The number of hydrogen-bond donors (Lipinski definition) is 1. The molecule has 0 saturated carbocycles. The molecule has 9 heteroatoms. The average Bonchev–Trinajstić information content (AvgIpc) is 3.01. The Morgan fingerprint density at radius 3 is 2.31 bits per heavy atom. The summed E-state index contributed by atoms with van der Waals surface area (Å²) in [4.78, 5) is 16.0. The van der Waals surface area contributed by atoms with Gasteiger partial charge in [0.1, 0.15) is 11.4 Å². The predicted octanol–water partition coefficient (Wildman–Crippen LogP) is 4.47. The first-order valence-electron chi connectivity index (χ1n) is 7.62. The third kappa shape index (κ3) is 3.24. The minimum absolute atomic E-state index is 0.200. The summed E-state index contributed by atoms with van der Waals surface area (Å²) in [5.41, 5.74) is 0.205. The largest absolute Gasteiger partial charge is 0.320 e. The highest BCUT2D eigenvalue weighted by atomic mass is 19.3. The molecule has 0 aliphatic carbocycles. The van der Waals surface area contributed by atoms with Crippen molar-refractivity contribution in [3.05, 3.63) is 58.5 Å². The number of aromatic nitrogens is 3. The molecular weight excluding hydrogens is 352 g/mol. The van der Waals surface area contributed by atoms with Gasteiger partial charge in [-0.1, -0.05) is 18.2 Å². The number of alkyl halides is 4. The number of benzene rings is 1. The van der Waals surface area contributed by atoms with E-state index in [0.717, 1.165) is 17.2 Å². The van der Waals surface area contributed by atoms with Gasteiger partial charge in [-0.2, -0.15) is 5.10 Å². The SMILES string of the molecule is Cc1cccc(C)c1NC(=O)c1cc2nc(C(F)F)cc(C(F)F)n2n1. The highest BCUT2D eigenvalue weighted by molar-refractivity contribution is 6.04. The molecule has 0 fully saturated rings. The lowest BCUT2D eigenvalue weighted by molar-refractivity contribution is 0.102. The van der Waals surface area contributed by atoms with E-state index in [1.807, 2.05) is 6.07 Å². The van der Waals surface area contributed by atoms with Crippen LogP contribution in [0.15, 0.2) is 30.3 Å². The van der Waals surface area contributed by atoms with Gasteiger partial charge in [-0.25, -0.2) is 27.1 Å². The van der Waals surface area contributed by atoms with E-state index >= 15 is 0 Å². The van der Waals surface area contributed by atoms with Crippen molar-refractivity contribution >= 4 is 17.2 Å². The molecule has 0 aliphatic rings.